The van der Waals surface area contributed by atoms with E-state index in [1.54, 1.807) is 12.4 Å². The number of hydrogen-bond acceptors (Lipinski definition) is 7. The van der Waals surface area contributed by atoms with Gasteiger partial charge in [0.15, 0.2) is 17.7 Å². The van der Waals surface area contributed by atoms with Crippen molar-refractivity contribution in [1.82, 2.24) is 10.3 Å². The lowest BCUT2D eigenvalue weighted by atomic mass is 10.1. The second kappa shape index (κ2) is 9.89. The standard InChI is InChI=1S/C20H24N6OS/c1-14-11-18(15(2)10-17(14)25-20-23-8-5-9-24-20)27-13-28-26-19(21-3)16-6-4-7-22-12-16/h4,6-7,10-12H,3,5,8-9,13H2,1-2H3,(H2,23,24,25)/b26-19-. The maximum Gasteiger partial charge on any atom is 0.195 e. The average molecular weight is 397 g/mol. The third kappa shape index (κ3) is 5.32. The number of rotatable bonds is 6. The van der Waals surface area contributed by atoms with Crippen LogP contribution in [0.1, 0.15) is 23.1 Å². The Morgan fingerprint density at radius 1 is 1.36 bits per heavy atom. The zero-order chi connectivity index (χ0) is 19.8. The van der Waals surface area contributed by atoms with Crippen molar-refractivity contribution in [3.8, 4) is 5.75 Å². The lowest BCUT2D eigenvalue weighted by Crippen LogP contribution is -2.35. The van der Waals surface area contributed by atoms with E-state index in [0.29, 0.717) is 11.8 Å². The van der Waals surface area contributed by atoms with Gasteiger partial charge in [-0.1, -0.05) is 0 Å². The number of amidine groups is 1. The Bertz CT molecular complexity index is 882. The summed E-state index contributed by atoms with van der Waals surface area (Å²) in [6.07, 6.45) is 4.49. The van der Waals surface area contributed by atoms with Crippen LogP contribution < -0.4 is 15.4 Å². The van der Waals surface area contributed by atoms with Crippen molar-refractivity contribution in [2.24, 2.45) is 14.4 Å². The maximum absolute atomic E-state index is 5.90. The molecule has 0 saturated heterocycles. The fourth-order valence-corrected chi connectivity index (χ4v) is 3.19. The van der Waals surface area contributed by atoms with Crippen molar-refractivity contribution in [1.29, 1.82) is 0 Å². The first-order valence-electron chi connectivity index (χ1n) is 9.04. The number of hydrogen-bond donors (Lipinski definition) is 2. The summed E-state index contributed by atoms with van der Waals surface area (Å²) < 4.78 is 10.3. The topological polar surface area (TPSA) is 83.3 Å². The minimum absolute atomic E-state index is 0.376. The number of aromatic nitrogens is 1. The van der Waals surface area contributed by atoms with Gasteiger partial charge >= 0.3 is 0 Å². The molecule has 0 fully saturated rings. The highest BCUT2D eigenvalue weighted by atomic mass is 32.2. The Morgan fingerprint density at radius 2 is 2.25 bits per heavy atom. The Labute approximate surface area is 169 Å². The molecule has 1 aromatic carbocycles. The van der Waals surface area contributed by atoms with Gasteiger partial charge in [-0.25, -0.2) is 4.99 Å². The molecule has 7 nitrogen and oxygen atoms in total. The molecule has 0 spiro atoms. The maximum atomic E-state index is 5.90. The summed E-state index contributed by atoms with van der Waals surface area (Å²) in [5, 5.41) is 6.63. The van der Waals surface area contributed by atoms with E-state index < -0.39 is 0 Å². The van der Waals surface area contributed by atoms with Gasteiger partial charge in [-0.05, 0) is 62.4 Å². The number of guanidine groups is 1. The molecule has 3 rings (SSSR count). The van der Waals surface area contributed by atoms with Gasteiger partial charge in [0.05, 0.1) is 0 Å². The average Bonchev–Trinajstić information content (AvgIpc) is 2.73. The Morgan fingerprint density at radius 3 is 2.96 bits per heavy atom. The van der Waals surface area contributed by atoms with E-state index in [9.17, 15) is 0 Å². The summed E-state index contributed by atoms with van der Waals surface area (Å²) in [6.45, 7) is 9.45. The summed E-state index contributed by atoms with van der Waals surface area (Å²) in [6, 6.07) is 7.84. The third-order valence-electron chi connectivity index (χ3n) is 4.16. The second-order valence-corrected chi connectivity index (χ2v) is 6.95. The molecule has 0 amide bonds. The predicted molar refractivity (Wildman–Crippen MR) is 118 cm³/mol. The number of nitrogens with one attached hydrogen (secondary N) is 2. The number of aliphatic imine (C=N–C) groups is 2. The van der Waals surface area contributed by atoms with Gasteiger partial charge in [0.25, 0.3) is 0 Å². The van der Waals surface area contributed by atoms with Crippen LogP contribution in [0.3, 0.4) is 0 Å². The van der Waals surface area contributed by atoms with Crippen molar-refractivity contribution < 1.29 is 4.74 Å². The summed E-state index contributed by atoms with van der Waals surface area (Å²) >= 11 is 1.28. The Kier molecular flexibility index (Phi) is 7.02. The monoisotopic (exact) mass is 396 g/mol. The molecule has 28 heavy (non-hydrogen) atoms. The van der Waals surface area contributed by atoms with E-state index >= 15 is 0 Å². The van der Waals surface area contributed by atoms with Crippen molar-refractivity contribution in [2.75, 3.05) is 24.3 Å². The van der Waals surface area contributed by atoms with Gasteiger partial charge in [-0.15, -0.1) is 0 Å². The molecule has 0 aliphatic carbocycles. The van der Waals surface area contributed by atoms with E-state index in [1.807, 2.05) is 32.0 Å². The molecule has 0 saturated carbocycles. The van der Waals surface area contributed by atoms with Gasteiger partial charge < -0.3 is 15.4 Å². The molecule has 0 bridgehead atoms. The molecule has 2 aromatic rings. The first-order valence-corrected chi connectivity index (χ1v) is 9.98. The van der Waals surface area contributed by atoms with Crippen LogP contribution in [0.5, 0.6) is 5.75 Å². The molecule has 1 aliphatic heterocycles. The van der Waals surface area contributed by atoms with Crippen molar-refractivity contribution in [3.05, 3.63) is 53.3 Å². The van der Waals surface area contributed by atoms with Crippen molar-refractivity contribution in [3.63, 3.8) is 0 Å². The lowest BCUT2D eigenvalue weighted by Gasteiger charge is -2.18. The highest BCUT2D eigenvalue weighted by Crippen LogP contribution is 2.27. The zero-order valence-electron chi connectivity index (χ0n) is 16.1. The second-order valence-electron chi connectivity index (χ2n) is 6.27. The van der Waals surface area contributed by atoms with E-state index in [2.05, 4.69) is 42.8 Å². The number of anilines is 1. The molecule has 1 aliphatic rings. The predicted octanol–water partition coefficient (Wildman–Crippen LogP) is 3.59. The fourth-order valence-electron chi connectivity index (χ4n) is 2.67. The van der Waals surface area contributed by atoms with Crippen LogP contribution in [-0.4, -0.2) is 42.5 Å². The van der Waals surface area contributed by atoms with E-state index in [4.69, 9.17) is 4.74 Å². The van der Waals surface area contributed by atoms with Gasteiger partial charge in [-0.3, -0.25) is 9.98 Å². The first-order chi connectivity index (χ1) is 13.7. The number of nitrogens with zero attached hydrogens (tertiary/aromatic N) is 4. The van der Waals surface area contributed by atoms with Crippen LogP contribution in [-0.2, 0) is 0 Å². The Hall–Kier alpha value is -2.87. The molecule has 2 N–H and O–H groups in total. The summed E-state index contributed by atoms with van der Waals surface area (Å²) in [4.78, 5) is 12.5. The number of aryl methyl sites for hydroxylation is 2. The molecule has 8 heteroatoms. The molecule has 1 aromatic heterocycles. The van der Waals surface area contributed by atoms with Crippen LogP contribution in [0.4, 0.5) is 5.69 Å². The molecule has 0 atom stereocenters. The summed E-state index contributed by atoms with van der Waals surface area (Å²) in [5.41, 5.74) is 3.99. The van der Waals surface area contributed by atoms with Crippen LogP contribution in [0.25, 0.3) is 0 Å². The van der Waals surface area contributed by atoms with Crippen LogP contribution in [0.2, 0.25) is 0 Å². The molecule has 2 heterocycles. The first kappa shape index (κ1) is 19.9. The minimum atomic E-state index is 0.376. The normalized spacial score (nSPS) is 14.1. The molecular weight excluding hydrogens is 372 g/mol. The van der Waals surface area contributed by atoms with Crippen molar-refractivity contribution >= 4 is 36.1 Å². The SMILES string of the molecule is C=N/C(=N\SCOc1cc(C)c(NC2=NCCCN2)cc1C)c1cccnc1. The van der Waals surface area contributed by atoms with E-state index in [1.165, 1.54) is 11.9 Å². The molecule has 0 radical (unpaired) electrons. The minimum Gasteiger partial charge on any atom is -0.481 e. The highest BCUT2D eigenvalue weighted by Gasteiger charge is 2.09. The van der Waals surface area contributed by atoms with Gasteiger partial charge in [0.2, 0.25) is 0 Å². The summed E-state index contributed by atoms with van der Waals surface area (Å²) in [5.74, 6) is 2.57. The lowest BCUT2D eigenvalue weighted by molar-refractivity contribution is 0.390. The largest absolute Gasteiger partial charge is 0.481 e. The van der Waals surface area contributed by atoms with E-state index in [0.717, 1.165) is 53.6 Å². The van der Waals surface area contributed by atoms with Crippen LogP contribution in [0, 0.1) is 13.8 Å². The quantitative estimate of drug-likeness (QED) is 0.256. The van der Waals surface area contributed by atoms with Gasteiger partial charge in [0, 0.05) is 48.7 Å². The molecular formula is C20H24N6OS. The van der Waals surface area contributed by atoms with Gasteiger partial charge in [-0.2, -0.15) is 4.40 Å². The molecule has 0 unspecified atom stereocenters. The number of ether oxygens (including phenoxy) is 1. The highest BCUT2D eigenvalue weighted by molar-refractivity contribution is 7.98. The van der Waals surface area contributed by atoms with Crippen molar-refractivity contribution in [2.45, 2.75) is 20.3 Å². The van der Waals surface area contributed by atoms with Gasteiger partial charge in [0.1, 0.15) is 5.75 Å². The van der Waals surface area contributed by atoms with E-state index in [-0.39, 0.29) is 0 Å². The van der Waals surface area contributed by atoms with Crippen LogP contribution >= 0.6 is 11.9 Å². The number of benzene rings is 1. The summed E-state index contributed by atoms with van der Waals surface area (Å²) in [7, 11) is 0. The number of pyridine rings is 1. The third-order valence-corrected chi connectivity index (χ3v) is 4.69. The zero-order valence-corrected chi connectivity index (χ0v) is 16.9. The van der Waals surface area contributed by atoms with Crippen LogP contribution in [0.15, 0.2) is 51.0 Å². The smallest absolute Gasteiger partial charge is 0.195 e. The Balaban J connectivity index is 1.60. The molecule has 146 valence electrons. The fraction of sp³-hybridized carbons (Fsp3) is 0.300.